The van der Waals surface area contributed by atoms with Crippen LogP contribution in [-0.2, 0) is 9.59 Å². The third kappa shape index (κ3) is 2.47. The molecule has 19 heavy (non-hydrogen) atoms. The van der Waals surface area contributed by atoms with Gasteiger partial charge in [0.2, 0.25) is 5.91 Å². The summed E-state index contributed by atoms with van der Waals surface area (Å²) in [5, 5.41) is 0. The van der Waals surface area contributed by atoms with Crippen LogP contribution in [0, 0.1) is 11.8 Å². The number of Topliss-reactive ketones (excluding diaryl/α,β-unsaturated/α-hetero) is 1. The van der Waals surface area contributed by atoms with E-state index in [1.165, 1.54) is 5.57 Å². The van der Waals surface area contributed by atoms with E-state index in [-0.39, 0.29) is 0 Å². The number of carbonyl (C=O) groups excluding carboxylic acids is 2. The van der Waals surface area contributed by atoms with Crippen molar-refractivity contribution in [3.63, 3.8) is 0 Å². The molecular formula is C16H23NO2. The summed E-state index contributed by atoms with van der Waals surface area (Å²) in [6.07, 6.45) is 6.30. The number of nitrogens with zero attached hydrogens (tertiary/aromatic N) is 1. The standard InChI is InChI=1S/C16H23NO2/c1-11-8-12-10-15(18)14-5-3-7-17(16(19)9-11)6-2-4-13(12)14/h11-12H,2-10H2,1H3/t11-,12-/m1/s1. The fraction of sp³-hybridized carbons (Fsp3) is 0.750. The van der Waals surface area contributed by atoms with Gasteiger partial charge < -0.3 is 4.90 Å². The molecule has 3 rings (SSSR count). The monoisotopic (exact) mass is 261 g/mol. The van der Waals surface area contributed by atoms with E-state index >= 15 is 0 Å². The van der Waals surface area contributed by atoms with Gasteiger partial charge in [0.25, 0.3) is 0 Å². The molecule has 0 aromatic heterocycles. The predicted molar refractivity (Wildman–Crippen MR) is 73.6 cm³/mol. The first-order valence-corrected chi connectivity index (χ1v) is 7.68. The van der Waals surface area contributed by atoms with Crippen LogP contribution >= 0.6 is 0 Å². The average Bonchev–Trinajstić information content (AvgIpc) is 2.67. The lowest BCUT2D eigenvalue weighted by Gasteiger charge is -2.27. The van der Waals surface area contributed by atoms with Gasteiger partial charge in [-0.3, -0.25) is 9.59 Å². The number of allylic oxidation sites excluding steroid dienone is 2. The molecule has 3 aliphatic rings. The largest absolute Gasteiger partial charge is 0.343 e. The summed E-state index contributed by atoms with van der Waals surface area (Å²) in [6, 6.07) is 0. The summed E-state index contributed by atoms with van der Waals surface area (Å²) in [5.74, 6) is 1.56. The molecule has 1 saturated heterocycles. The fourth-order valence-electron chi connectivity index (χ4n) is 4.04. The number of amides is 1. The van der Waals surface area contributed by atoms with Gasteiger partial charge in [-0.15, -0.1) is 0 Å². The van der Waals surface area contributed by atoms with Crippen LogP contribution in [0.4, 0.5) is 0 Å². The third-order valence-corrected chi connectivity index (χ3v) is 4.94. The molecule has 104 valence electrons. The Hall–Kier alpha value is -1.12. The Balaban J connectivity index is 1.95. The Morgan fingerprint density at radius 1 is 1.05 bits per heavy atom. The molecule has 1 amide bonds. The van der Waals surface area contributed by atoms with Crippen molar-refractivity contribution in [3.8, 4) is 0 Å². The quantitative estimate of drug-likeness (QED) is 0.672. The van der Waals surface area contributed by atoms with Crippen LogP contribution in [0.15, 0.2) is 11.1 Å². The molecule has 0 spiro atoms. The van der Waals surface area contributed by atoms with E-state index in [0.717, 1.165) is 50.8 Å². The van der Waals surface area contributed by atoms with E-state index < -0.39 is 0 Å². The van der Waals surface area contributed by atoms with Crippen molar-refractivity contribution >= 4 is 11.7 Å². The van der Waals surface area contributed by atoms with E-state index in [1.54, 1.807) is 0 Å². The van der Waals surface area contributed by atoms with Gasteiger partial charge >= 0.3 is 0 Å². The highest BCUT2D eigenvalue weighted by molar-refractivity contribution is 5.99. The normalized spacial score (nSPS) is 32.6. The van der Waals surface area contributed by atoms with Gasteiger partial charge in [0.1, 0.15) is 0 Å². The molecule has 1 aliphatic carbocycles. The van der Waals surface area contributed by atoms with Crippen LogP contribution in [0.3, 0.4) is 0 Å². The molecule has 2 atom stereocenters. The van der Waals surface area contributed by atoms with Crippen molar-refractivity contribution in [3.05, 3.63) is 11.1 Å². The summed E-state index contributed by atoms with van der Waals surface area (Å²) in [6.45, 7) is 3.87. The molecule has 0 saturated carbocycles. The Bertz CT molecular complexity index is 438. The van der Waals surface area contributed by atoms with Crippen LogP contribution in [0.5, 0.6) is 0 Å². The van der Waals surface area contributed by atoms with Gasteiger partial charge in [-0.1, -0.05) is 12.5 Å². The summed E-state index contributed by atoms with van der Waals surface area (Å²) >= 11 is 0. The minimum absolute atomic E-state index is 0.324. The lowest BCUT2D eigenvalue weighted by molar-refractivity contribution is -0.132. The van der Waals surface area contributed by atoms with Crippen molar-refractivity contribution in [2.24, 2.45) is 11.8 Å². The van der Waals surface area contributed by atoms with E-state index in [4.69, 9.17) is 0 Å². The molecule has 3 heteroatoms. The van der Waals surface area contributed by atoms with E-state index in [0.29, 0.717) is 36.4 Å². The highest BCUT2D eigenvalue weighted by Gasteiger charge is 2.34. The molecule has 0 aromatic carbocycles. The number of carbonyl (C=O) groups is 2. The predicted octanol–water partition coefficient (Wildman–Crippen LogP) is 2.70. The Kier molecular flexibility index (Phi) is 3.46. The first-order chi connectivity index (χ1) is 9.15. The smallest absolute Gasteiger partial charge is 0.222 e. The van der Waals surface area contributed by atoms with Gasteiger partial charge in [-0.05, 0) is 49.5 Å². The van der Waals surface area contributed by atoms with Gasteiger partial charge in [-0.25, -0.2) is 0 Å². The van der Waals surface area contributed by atoms with Crippen molar-refractivity contribution in [1.29, 1.82) is 0 Å². The molecule has 0 aromatic rings. The molecule has 2 heterocycles. The second kappa shape index (κ2) is 5.10. The Morgan fingerprint density at radius 3 is 2.58 bits per heavy atom. The van der Waals surface area contributed by atoms with Crippen molar-refractivity contribution in [2.45, 2.75) is 51.9 Å². The maximum Gasteiger partial charge on any atom is 0.222 e. The van der Waals surface area contributed by atoms with E-state index in [2.05, 4.69) is 6.92 Å². The van der Waals surface area contributed by atoms with E-state index in [1.807, 2.05) is 4.90 Å². The van der Waals surface area contributed by atoms with Crippen LogP contribution in [0.25, 0.3) is 0 Å². The minimum Gasteiger partial charge on any atom is -0.343 e. The molecule has 2 bridgehead atoms. The maximum absolute atomic E-state index is 12.3. The van der Waals surface area contributed by atoms with E-state index in [9.17, 15) is 9.59 Å². The molecule has 0 N–H and O–H groups in total. The van der Waals surface area contributed by atoms with Crippen molar-refractivity contribution in [2.75, 3.05) is 13.1 Å². The second-order valence-corrected chi connectivity index (χ2v) is 6.46. The molecule has 1 fully saturated rings. The summed E-state index contributed by atoms with van der Waals surface area (Å²) in [7, 11) is 0. The number of fused-ring (bicyclic) bond motifs is 3. The lowest BCUT2D eigenvalue weighted by Crippen LogP contribution is -2.34. The van der Waals surface area contributed by atoms with Gasteiger partial charge in [-0.2, -0.15) is 0 Å². The molecule has 2 aliphatic heterocycles. The highest BCUT2D eigenvalue weighted by atomic mass is 16.2. The zero-order valence-electron chi connectivity index (χ0n) is 11.8. The summed E-state index contributed by atoms with van der Waals surface area (Å²) in [4.78, 5) is 26.5. The molecule has 0 radical (unpaired) electrons. The minimum atomic E-state index is 0.324. The Labute approximate surface area is 115 Å². The Morgan fingerprint density at radius 2 is 1.79 bits per heavy atom. The van der Waals surface area contributed by atoms with Crippen LogP contribution in [0.1, 0.15) is 51.9 Å². The first-order valence-electron chi connectivity index (χ1n) is 7.68. The summed E-state index contributed by atoms with van der Waals surface area (Å²) < 4.78 is 0. The SMILES string of the molecule is C[C@H]1CC(=O)N2CCCC3=C(CCC2)[C@@H](CC3=O)C1. The van der Waals surface area contributed by atoms with Crippen LogP contribution in [0.2, 0.25) is 0 Å². The number of ketones is 1. The zero-order valence-corrected chi connectivity index (χ0v) is 11.8. The average molecular weight is 261 g/mol. The molecule has 0 unspecified atom stereocenters. The summed E-state index contributed by atoms with van der Waals surface area (Å²) in [5.41, 5.74) is 2.58. The van der Waals surface area contributed by atoms with Gasteiger partial charge in [0.05, 0.1) is 0 Å². The molecule has 3 nitrogen and oxygen atoms in total. The highest BCUT2D eigenvalue weighted by Crippen LogP contribution is 2.40. The van der Waals surface area contributed by atoms with Crippen molar-refractivity contribution < 1.29 is 9.59 Å². The number of hydrogen-bond acceptors (Lipinski definition) is 2. The van der Waals surface area contributed by atoms with Gasteiger partial charge in [0, 0.05) is 25.9 Å². The first kappa shape index (κ1) is 12.9. The topological polar surface area (TPSA) is 37.4 Å². The van der Waals surface area contributed by atoms with Crippen LogP contribution < -0.4 is 0 Å². The van der Waals surface area contributed by atoms with Gasteiger partial charge in [0.15, 0.2) is 5.78 Å². The van der Waals surface area contributed by atoms with Crippen LogP contribution in [-0.4, -0.2) is 29.7 Å². The molecular weight excluding hydrogens is 238 g/mol. The fourth-order valence-corrected chi connectivity index (χ4v) is 4.04. The lowest BCUT2D eigenvalue weighted by atomic mass is 9.86. The zero-order chi connectivity index (χ0) is 13.4. The number of rotatable bonds is 0. The number of hydrogen-bond donors (Lipinski definition) is 0. The second-order valence-electron chi connectivity index (χ2n) is 6.46. The maximum atomic E-state index is 12.3. The third-order valence-electron chi connectivity index (χ3n) is 4.94. The van der Waals surface area contributed by atoms with Crippen molar-refractivity contribution in [1.82, 2.24) is 4.90 Å².